The number of hydrogen-bond acceptors (Lipinski definition) is 4. The molecule has 1 unspecified atom stereocenters. The maximum Gasteiger partial charge on any atom is 0.573 e. The zero-order valence-corrected chi connectivity index (χ0v) is 13.9. The number of H-pyrrole nitrogens is 1. The second-order valence-corrected chi connectivity index (χ2v) is 6.52. The lowest BCUT2D eigenvalue weighted by atomic mass is 10.2. The molecule has 0 aliphatic rings. The van der Waals surface area contributed by atoms with Gasteiger partial charge in [0.2, 0.25) is 5.16 Å². The second-order valence-electron chi connectivity index (χ2n) is 5.21. The van der Waals surface area contributed by atoms with Gasteiger partial charge in [0.1, 0.15) is 5.75 Å². The molecule has 0 amide bonds. The van der Waals surface area contributed by atoms with Crippen LogP contribution in [0.3, 0.4) is 0 Å². The van der Waals surface area contributed by atoms with Crippen LogP contribution in [0.25, 0.3) is 11.4 Å². The first-order valence-electron chi connectivity index (χ1n) is 7.41. The van der Waals surface area contributed by atoms with Gasteiger partial charge in [-0.1, -0.05) is 54.2 Å². The average Bonchev–Trinajstić information content (AvgIpc) is 3.03. The Bertz CT molecular complexity index is 819. The topological polar surface area (TPSA) is 50.8 Å². The largest absolute Gasteiger partial charge is 0.573 e. The van der Waals surface area contributed by atoms with Crippen molar-refractivity contribution in [3.8, 4) is 17.1 Å². The lowest BCUT2D eigenvalue weighted by Crippen LogP contribution is -2.17. The minimum atomic E-state index is -4.69. The minimum absolute atomic E-state index is 0.0284. The van der Waals surface area contributed by atoms with E-state index in [0.29, 0.717) is 11.0 Å². The highest BCUT2D eigenvalue weighted by molar-refractivity contribution is 7.99. The number of thioether (sulfide) groups is 1. The van der Waals surface area contributed by atoms with Gasteiger partial charge in [-0.3, -0.25) is 5.10 Å². The Labute approximate surface area is 146 Å². The van der Waals surface area contributed by atoms with E-state index in [-0.39, 0.29) is 11.0 Å². The molecule has 2 aromatic carbocycles. The first-order chi connectivity index (χ1) is 11.9. The van der Waals surface area contributed by atoms with Crippen LogP contribution in [0.2, 0.25) is 0 Å². The Morgan fingerprint density at radius 2 is 1.72 bits per heavy atom. The van der Waals surface area contributed by atoms with Gasteiger partial charge in [-0.25, -0.2) is 4.98 Å². The van der Waals surface area contributed by atoms with E-state index in [4.69, 9.17) is 0 Å². The van der Waals surface area contributed by atoms with Crippen molar-refractivity contribution in [2.24, 2.45) is 0 Å². The van der Waals surface area contributed by atoms with Crippen LogP contribution in [0.5, 0.6) is 5.75 Å². The van der Waals surface area contributed by atoms with Gasteiger partial charge in [0.15, 0.2) is 5.82 Å². The van der Waals surface area contributed by atoms with Crippen LogP contribution in [0, 0.1) is 0 Å². The van der Waals surface area contributed by atoms with Crippen LogP contribution in [0.1, 0.15) is 17.7 Å². The SMILES string of the molecule is CC(Sc1n[nH]c(-c2ccccc2)n1)c1ccc(OC(F)(F)F)cc1. The fourth-order valence-corrected chi connectivity index (χ4v) is 3.04. The standard InChI is InChI=1S/C17H14F3N3OS/c1-11(12-7-9-14(10-8-12)24-17(18,19)20)25-16-21-15(22-23-16)13-5-3-2-4-6-13/h2-11H,1H3,(H,21,22,23). The van der Waals surface area contributed by atoms with E-state index < -0.39 is 6.36 Å². The molecule has 1 aromatic heterocycles. The summed E-state index contributed by atoms with van der Waals surface area (Å²) in [5.74, 6) is 0.432. The summed E-state index contributed by atoms with van der Waals surface area (Å²) < 4.78 is 40.4. The maximum atomic E-state index is 12.2. The third kappa shape index (κ3) is 4.76. The second kappa shape index (κ2) is 7.18. The quantitative estimate of drug-likeness (QED) is 0.630. The summed E-state index contributed by atoms with van der Waals surface area (Å²) in [7, 11) is 0. The molecule has 0 saturated heterocycles. The fourth-order valence-electron chi connectivity index (χ4n) is 2.19. The van der Waals surface area contributed by atoms with Crippen molar-refractivity contribution in [3.05, 3.63) is 60.2 Å². The van der Waals surface area contributed by atoms with E-state index in [1.54, 1.807) is 12.1 Å². The van der Waals surface area contributed by atoms with E-state index in [1.807, 2.05) is 37.3 Å². The molecule has 3 rings (SSSR count). The molecule has 0 aliphatic heterocycles. The number of hydrogen-bond donors (Lipinski definition) is 1. The molecular formula is C17H14F3N3OS. The van der Waals surface area contributed by atoms with Gasteiger partial charge in [-0.15, -0.1) is 18.3 Å². The van der Waals surface area contributed by atoms with Crippen molar-refractivity contribution < 1.29 is 17.9 Å². The first-order valence-corrected chi connectivity index (χ1v) is 8.29. The zero-order valence-electron chi connectivity index (χ0n) is 13.1. The Balaban J connectivity index is 1.66. The predicted octanol–water partition coefficient (Wildman–Crippen LogP) is 5.22. The van der Waals surface area contributed by atoms with Crippen LogP contribution in [0.15, 0.2) is 59.8 Å². The number of aromatic nitrogens is 3. The molecule has 0 saturated carbocycles. The highest BCUT2D eigenvalue weighted by atomic mass is 32.2. The van der Waals surface area contributed by atoms with Crippen molar-refractivity contribution in [2.45, 2.75) is 23.7 Å². The summed E-state index contributed by atoms with van der Waals surface area (Å²) >= 11 is 1.41. The fraction of sp³-hybridized carbons (Fsp3) is 0.176. The predicted molar refractivity (Wildman–Crippen MR) is 89.2 cm³/mol. The molecule has 130 valence electrons. The van der Waals surface area contributed by atoms with E-state index in [0.717, 1.165) is 11.1 Å². The molecule has 3 aromatic rings. The number of benzene rings is 2. The van der Waals surface area contributed by atoms with Crippen molar-refractivity contribution in [1.82, 2.24) is 15.2 Å². The molecule has 8 heteroatoms. The smallest absolute Gasteiger partial charge is 0.406 e. The summed E-state index contributed by atoms with van der Waals surface area (Å²) in [6.07, 6.45) is -4.69. The molecule has 1 N–H and O–H groups in total. The van der Waals surface area contributed by atoms with Gasteiger partial charge in [0, 0.05) is 10.8 Å². The van der Waals surface area contributed by atoms with Crippen LogP contribution in [-0.4, -0.2) is 21.5 Å². The highest BCUT2D eigenvalue weighted by Gasteiger charge is 2.31. The summed E-state index contributed by atoms with van der Waals surface area (Å²) in [5.41, 5.74) is 1.79. The summed E-state index contributed by atoms with van der Waals surface area (Å²) in [5, 5.41) is 7.61. The monoisotopic (exact) mass is 365 g/mol. The number of nitrogens with one attached hydrogen (secondary N) is 1. The van der Waals surface area contributed by atoms with E-state index >= 15 is 0 Å². The van der Waals surface area contributed by atoms with Gasteiger partial charge in [-0.2, -0.15) is 0 Å². The summed E-state index contributed by atoms with van der Waals surface area (Å²) in [6.45, 7) is 1.93. The van der Waals surface area contributed by atoms with Gasteiger partial charge in [0.25, 0.3) is 0 Å². The van der Waals surface area contributed by atoms with Crippen molar-refractivity contribution in [2.75, 3.05) is 0 Å². The lowest BCUT2D eigenvalue weighted by Gasteiger charge is -2.12. The molecule has 1 atom stereocenters. The van der Waals surface area contributed by atoms with Crippen LogP contribution in [-0.2, 0) is 0 Å². The van der Waals surface area contributed by atoms with E-state index in [9.17, 15) is 13.2 Å². The maximum absolute atomic E-state index is 12.2. The van der Waals surface area contributed by atoms with Gasteiger partial charge in [0.05, 0.1) is 0 Å². The van der Waals surface area contributed by atoms with Gasteiger partial charge >= 0.3 is 6.36 Å². The molecule has 0 fully saturated rings. The van der Waals surface area contributed by atoms with E-state index in [2.05, 4.69) is 19.9 Å². The molecule has 0 bridgehead atoms. The average molecular weight is 365 g/mol. The van der Waals surface area contributed by atoms with Crippen LogP contribution < -0.4 is 4.74 Å². The minimum Gasteiger partial charge on any atom is -0.406 e. The molecule has 4 nitrogen and oxygen atoms in total. The third-order valence-electron chi connectivity index (χ3n) is 3.38. The zero-order chi connectivity index (χ0) is 17.9. The normalized spacial score (nSPS) is 12.8. The summed E-state index contributed by atoms with van der Waals surface area (Å²) in [4.78, 5) is 4.43. The lowest BCUT2D eigenvalue weighted by molar-refractivity contribution is -0.274. The Morgan fingerprint density at radius 1 is 1.04 bits per heavy atom. The number of alkyl halides is 3. The molecule has 0 aliphatic carbocycles. The first kappa shape index (κ1) is 17.3. The number of ether oxygens (including phenoxy) is 1. The van der Waals surface area contributed by atoms with Crippen LogP contribution >= 0.6 is 11.8 Å². The summed E-state index contributed by atoms with van der Waals surface area (Å²) in [6, 6.07) is 15.4. The number of nitrogens with zero attached hydrogens (tertiary/aromatic N) is 2. The molecule has 0 radical (unpaired) electrons. The van der Waals surface area contributed by atoms with Gasteiger partial charge < -0.3 is 4.74 Å². The number of halogens is 3. The molecule has 1 heterocycles. The molecule has 0 spiro atoms. The Hall–Kier alpha value is -2.48. The van der Waals surface area contributed by atoms with Crippen LogP contribution in [0.4, 0.5) is 13.2 Å². The Kier molecular flexibility index (Phi) is 4.98. The number of aromatic amines is 1. The molecule has 25 heavy (non-hydrogen) atoms. The highest BCUT2D eigenvalue weighted by Crippen LogP contribution is 2.34. The van der Waals surface area contributed by atoms with Crippen molar-refractivity contribution >= 4 is 11.8 Å². The number of rotatable bonds is 5. The van der Waals surface area contributed by atoms with Crippen molar-refractivity contribution in [1.29, 1.82) is 0 Å². The third-order valence-corrected chi connectivity index (χ3v) is 4.40. The van der Waals surface area contributed by atoms with Gasteiger partial charge in [-0.05, 0) is 24.6 Å². The molecular weight excluding hydrogens is 351 g/mol. The van der Waals surface area contributed by atoms with Crippen molar-refractivity contribution in [3.63, 3.8) is 0 Å². The Morgan fingerprint density at radius 3 is 2.36 bits per heavy atom. The van der Waals surface area contributed by atoms with E-state index in [1.165, 1.54) is 23.9 Å².